The number of nitrogens with zero attached hydrogens (tertiary/aromatic N) is 1. The molecule has 1 amide bonds. The van der Waals surface area contributed by atoms with Gasteiger partial charge >= 0.3 is 11.9 Å². The van der Waals surface area contributed by atoms with Crippen LogP contribution in [0.2, 0.25) is 0 Å². The number of ketones is 1. The van der Waals surface area contributed by atoms with Gasteiger partial charge in [0.1, 0.15) is 11.1 Å². The summed E-state index contributed by atoms with van der Waals surface area (Å²) in [5.74, 6) is -2.58. The van der Waals surface area contributed by atoms with Crippen molar-refractivity contribution in [1.29, 1.82) is 0 Å². The summed E-state index contributed by atoms with van der Waals surface area (Å²) in [5.41, 5.74) is 4.50. The maximum Gasteiger partial charge on any atom is 0.353 e. The van der Waals surface area contributed by atoms with E-state index >= 15 is 0 Å². The molecular formula is C18H18N2O6S2. The molecule has 1 unspecified atom stereocenters. The molecule has 8 nitrogen and oxygen atoms in total. The zero-order valence-corrected chi connectivity index (χ0v) is 16.8. The molecule has 28 heavy (non-hydrogen) atoms. The number of hydrogen-bond donors (Lipinski definition) is 2. The molecule has 10 heteroatoms. The van der Waals surface area contributed by atoms with Crippen LogP contribution in [0.15, 0.2) is 39.8 Å². The molecule has 148 valence electrons. The molecule has 2 aliphatic heterocycles. The van der Waals surface area contributed by atoms with Crippen LogP contribution in [-0.2, 0) is 19.1 Å². The van der Waals surface area contributed by atoms with Crippen LogP contribution in [0.1, 0.15) is 24.2 Å². The Morgan fingerprint density at radius 3 is 2.54 bits per heavy atom. The maximum atomic E-state index is 12.5. The number of aliphatic carboxylic acids is 1. The number of thioether (sulfide) groups is 2. The third-order valence-electron chi connectivity index (χ3n) is 4.47. The summed E-state index contributed by atoms with van der Waals surface area (Å²) in [6.07, 6.45) is 0. The molecule has 0 spiro atoms. The van der Waals surface area contributed by atoms with Gasteiger partial charge in [0.05, 0.1) is 12.2 Å². The van der Waals surface area contributed by atoms with Gasteiger partial charge in [-0.2, -0.15) is 0 Å². The van der Waals surface area contributed by atoms with Gasteiger partial charge in [0.15, 0.2) is 11.3 Å². The zero-order valence-electron chi connectivity index (χ0n) is 15.1. The van der Waals surface area contributed by atoms with Crippen LogP contribution in [-0.4, -0.2) is 56.9 Å². The fraction of sp³-hybridized carbons (Fsp3) is 0.333. The van der Waals surface area contributed by atoms with Gasteiger partial charge in [-0.15, -0.1) is 11.8 Å². The van der Waals surface area contributed by atoms with Crippen molar-refractivity contribution in [2.75, 3.05) is 12.4 Å². The zero-order chi connectivity index (χ0) is 20.6. The van der Waals surface area contributed by atoms with Crippen molar-refractivity contribution >= 4 is 47.2 Å². The van der Waals surface area contributed by atoms with Crippen LogP contribution >= 0.6 is 23.5 Å². The van der Waals surface area contributed by atoms with Gasteiger partial charge in [0.25, 0.3) is 5.91 Å². The number of benzene rings is 1. The lowest BCUT2D eigenvalue weighted by atomic mass is 9.84. The van der Waals surface area contributed by atoms with Gasteiger partial charge in [-0.3, -0.25) is 14.5 Å². The Hall–Kier alpha value is -2.30. The Morgan fingerprint density at radius 2 is 2.00 bits per heavy atom. The molecule has 0 saturated carbocycles. The molecule has 1 saturated heterocycles. The minimum absolute atomic E-state index is 0.157. The number of nitrogens with two attached hydrogens (primary N) is 1. The van der Waals surface area contributed by atoms with E-state index in [-0.39, 0.29) is 12.3 Å². The van der Waals surface area contributed by atoms with Crippen molar-refractivity contribution in [3.05, 3.63) is 40.4 Å². The van der Waals surface area contributed by atoms with E-state index in [1.54, 1.807) is 31.2 Å². The van der Waals surface area contributed by atoms with Crippen LogP contribution in [0.25, 0.3) is 0 Å². The van der Waals surface area contributed by atoms with E-state index in [1.807, 2.05) is 0 Å². The summed E-state index contributed by atoms with van der Waals surface area (Å²) in [4.78, 5) is 50.1. The number of rotatable bonds is 6. The number of carboxylic acids is 1. The fourth-order valence-electron chi connectivity index (χ4n) is 2.97. The number of amides is 1. The maximum absolute atomic E-state index is 12.5. The summed E-state index contributed by atoms with van der Waals surface area (Å²) < 4.78 is 4.93. The molecule has 3 rings (SSSR count). The summed E-state index contributed by atoms with van der Waals surface area (Å²) in [6, 6.07) is 6.55. The van der Waals surface area contributed by atoms with Crippen LogP contribution < -0.4 is 5.73 Å². The second-order valence-corrected chi connectivity index (χ2v) is 8.42. The van der Waals surface area contributed by atoms with Crippen LogP contribution in [0, 0.1) is 0 Å². The molecule has 2 atom stereocenters. The van der Waals surface area contributed by atoms with Crippen molar-refractivity contribution in [2.45, 2.75) is 29.7 Å². The first kappa shape index (κ1) is 20.4. The molecule has 0 aliphatic carbocycles. The van der Waals surface area contributed by atoms with Gasteiger partial charge in [0, 0.05) is 15.6 Å². The molecule has 1 fully saturated rings. The Bertz CT molecular complexity index is 898. The lowest BCUT2D eigenvalue weighted by Gasteiger charge is -2.54. The highest BCUT2D eigenvalue weighted by molar-refractivity contribution is 8.06. The Balaban J connectivity index is 1.86. The predicted octanol–water partition coefficient (Wildman–Crippen LogP) is 1.45. The molecule has 0 radical (unpaired) electrons. The highest BCUT2D eigenvalue weighted by Gasteiger charge is 2.65. The normalized spacial score (nSPS) is 23.8. The molecule has 0 bridgehead atoms. The van der Waals surface area contributed by atoms with Crippen molar-refractivity contribution in [1.82, 2.24) is 4.90 Å². The summed E-state index contributed by atoms with van der Waals surface area (Å²) in [7, 11) is 0. The molecule has 3 N–H and O–H groups in total. The Labute approximate surface area is 169 Å². The van der Waals surface area contributed by atoms with Gasteiger partial charge in [-0.05, 0) is 38.1 Å². The third-order valence-corrected chi connectivity index (χ3v) is 7.09. The molecule has 1 aromatic carbocycles. The van der Waals surface area contributed by atoms with Crippen LogP contribution in [0.3, 0.4) is 0 Å². The second-order valence-electron chi connectivity index (χ2n) is 6.19. The number of hydrogen-bond acceptors (Lipinski definition) is 8. The number of carbonyl (C=O) groups is 4. The third kappa shape index (κ3) is 3.21. The van der Waals surface area contributed by atoms with Crippen molar-refractivity contribution < 1.29 is 29.0 Å². The van der Waals surface area contributed by atoms with Crippen LogP contribution in [0.4, 0.5) is 0 Å². The predicted molar refractivity (Wildman–Crippen MR) is 104 cm³/mol. The average Bonchev–Trinajstić information content (AvgIpc) is 2.67. The number of carboxylic acid groups (broad SMARTS) is 1. The number of ether oxygens (including phenoxy) is 1. The average molecular weight is 422 g/mol. The van der Waals surface area contributed by atoms with Crippen molar-refractivity contribution in [3.8, 4) is 0 Å². The first-order valence-corrected chi connectivity index (χ1v) is 10.2. The molecule has 1 aromatic rings. The minimum Gasteiger partial charge on any atom is -0.477 e. The second kappa shape index (κ2) is 7.61. The number of carbonyl (C=O) groups excluding carboxylic acids is 3. The number of fused-ring (bicyclic) bond motifs is 1. The quantitative estimate of drug-likeness (QED) is 0.398. The smallest absolute Gasteiger partial charge is 0.353 e. The summed E-state index contributed by atoms with van der Waals surface area (Å²) in [5, 5.41) is 8.93. The lowest BCUT2D eigenvalue weighted by Crippen LogP contribution is -2.80. The van der Waals surface area contributed by atoms with Gasteiger partial charge in [-0.1, -0.05) is 11.8 Å². The van der Waals surface area contributed by atoms with E-state index in [4.69, 9.17) is 10.5 Å². The van der Waals surface area contributed by atoms with Crippen molar-refractivity contribution in [3.63, 3.8) is 0 Å². The SMILES string of the molecule is CCOC(=O)c1ccc(SC2=C(C(=O)O)N3C(=O)C(N)(C(C)=O)[C@@H]3SC2)cc1. The first-order chi connectivity index (χ1) is 13.2. The standard InChI is InChI=1S/C18H18N2O6S2/c1-3-26-15(24)10-4-6-11(7-5-10)28-12-8-27-17-18(19,9(2)21)16(25)20(17)13(12)14(22)23/h4-7,17H,3,8,19H2,1-2H3,(H,22,23)/t17-,18?/m0/s1. The molecular weight excluding hydrogens is 404 g/mol. The van der Waals surface area contributed by atoms with E-state index in [0.717, 1.165) is 4.90 Å². The fourth-order valence-corrected chi connectivity index (χ4v) is 5.58. The molecule has 2 heterocycles. The number of Topliss-reactive ketones (excluding diaryl/α,β-unsaturated/α-hetero) is 1. The Kier molecular flexibility index (Phi) is 5.55. The van der Waals surface area contributed by atoms with E-state index in [1.165, 1.54) is 30.4 Å². The van der Waals surface area contributed by atoms with E-state index in [0.29, 0.717) is 21.1 Å². The highest BCUT2D eigenvalue weighted by atomic mass is 32.2. The van der Waals surface area contributed by atoms with E-state index < -0.39 is 34.5 Å². The van der Waals surface area contributed by atoms with Gasteiger partial charge in [-0.25, -0.2) is 9.59 Å². The summed E-state index contributed by atoms with van der Waals surface area (Å²) in [6.45, 7) is 3.22. The Morgan fingerprint density at radius 1 is 1.36 bits per heavy atom. The molecule has 0 aromatic heterocycles. The van der Waals surface area contributed by atoms with Gasteiger partial charge < -0.3 is 15.6 Å². The van der Waals surface area contributed by atoms with Crippen LogP contribution in [0.5, 0.6) is 0 Å². The number of β-lactam (4-membered cyclic amide) rings is 1. The largest absolute Gasteiger partial charge is 0.477 e. The highest BCUT2D eigenvalue weighted by Crippen LogP contribution is 2.48. The summed E-state index contributed by atoms with van der Waals surface area (Å²) >= 11 is 2.45. The van der Waals surface area contributed by atoms with E-state index in [9.17, 15) is 24.3 Å². The van der Waals surface area contributed by atoms with Crippen molar-refractivity contribution in [2.24, 2.45) is 5.73 Å². The van der Waals surface area contributed by atoms with Gasteiger partial charge in [0.2, 0.25) is 0 Å². The lowest BCUT2D eigenvalue weighted by molar-refractivity contribution is -0.158. The van der Waals surface area contributed by atoms with E-state index in [2.05, 4.69) is 0 Å². The monoisotopic (exact) mass is 422 g/mol. The number of esters is 1. The topological polar surface area (TPSA) is 127 Å². The first-order valence-electron chi connectivity index (χ1n) is 8.38. The molecule has 2 aliphatic rings. The minimum atomic E-state index is -1.68.